The average Bonchev–Trinajstić information content (AvgIpc) is 2.79. The Bertz CT molecular complexity index is 1020. The molecule has 0 aliphatic carbocycles. The molecule has 1 fully saturated rings. The molecule has 0 bridgehead atoms. The average molecular weight is 399 g/mol. The second-order valence-corrected chi connectivity index (χ2v) is 8.55. The predicted molar refractivity (Wildman–Crippen MR) is 118 cm³/mol. The number of nitro groups is 1. The van der Waals surface area contributed by atoms with Crippen molar-refractivity contribution in [2.24, 2.45) is 5.92 Å². The van der Waals surface area contributed by atoms with Gasteiger partial charge in [0.2, 0.25) is 6.04 Å². The molecule has 0 spiro atoms. The van der Waals surface area contributed by atoms with Gasteiger partial charge in [-0.1, -0.05) is 84.9 Å². The van der Waals surface area contributed by atoms with E-state index in [1.807, 2.05) is 36.4 Å². The van der Waals surface area contributed by atoms with Crippen molar-refractivity contribution >= 4 is 0 Å². The van der Waals surface area contributed by atoms with Crippen molar-refractivity contribution in [2.75, 3.05) is 13.1 Å². The summed E-state index contributed by atoms with van der Waals surface area (Å²) in [5, 5.41) is 12.6. The standard InChI is InChI=1S/C26H26N2O2/c29-28(30)26-24(21-12-5-2-6-13-21)22(17-19-9-3-1-4-10-19)18-27-16-15-20-11-7-8-14-23(20)25(26)27/h1-14,22,24-26H,15-18H2/t22-,24+,25+,26-/m0/s1. The summed E-state index contributed by atoms with van der Waals surface area (Å²) in [7, 11) is 0. The van der Waals surface area contributed by atoms with E-state index in [2.05, 4.69) is 53.4 Å². The van der Waals surface area contributed by atoms with Gasteiger partial charge in [0.15, 0.2) is 0 Å². The Balaban J connectivity index is 1.61. The molecule has 152 valence electrons. The molecule has 0 aromatic heterocycles. The number of hydrogen-bond acceptors (Lipinski definition) is 3. The van der Waals surface area contributed by atoms with E-state index in [1.165, 1.54) is 11.1 Å². The molecule has 1 saturated heterocycles. The third kappa shape index (κ3) is 3.41. The van der Waals surface area contributed by atoms with E-state index < -0.39 is 6.04 Å². The van der Waals surface area contributed by atoms with Gasteiger partial charge in [-0.3, -0.25) is 15.0 Å². The topological polar surface area (TPSA) is 46.4 Å². The van der Waals surface area contributed by atoms with Gasteiger partial charge in [0, 0.05) is 18.0 Å². The van der Waals surface area contributed by atoms with Crippen LogP contribution in [0.15, 0.2) is 84.9 Å². The lowest BCUT2D eigenvalue weighted by molar-refractivity contribution is -0.542. The van der Waals surface area contributed by atoms with Gasteiger partial charge in [-0.25, -0.2) is 0 Å². The van der Waals surface area contributed by atoms with Crippen LogP contribution in [-0.4, -0.2) is 29.0 Å². The van der Waals surface area contributed by atoms with Gasteiger partial charge in [0.1, 0.15) is 6.04 Å². The fourth-order valence-corrected chi connectivity index (χ4v) is 5.64. The number of fused-ring (bicyclic) bond motifs is 3. The first-order chi connectivity index (χ1) is 14.7. The highest BCUT2D eigenvalue weighted by Crippen LogP contribution is 2.47. The molecule has 3 aromatic carbocycles. The highest BCUT2D eigenvalue weighted by molar-refractivity contribution is 5.36. The molecule has 30 heavy (non-hydrogen) atoms. The molecular formula is C26H26N2O2. The van der Waals surface area contributed by atoms with Crippen LogP contribution in [0, 0.1) is 16.0 Å². The molecule has 2 aliphatic rings. The summed E-state index contributed by atoms with van der Waals surface area (Å²) in [6, 6.07) is 28.0. The minimum absolute atomic E-state index is 0.00537. The maximum Gasteiger partial charge on any atom is 0.239 e. The third-order valence-corrected chi connectivity index (χ3v) is 6.87. The predicted octanol–water partition coefficient (Wildman–Crippen LogP) is 4.89. The van der Waals surface area contributed by atoms with Crippen LogP contribution in [0.1, 0.15) is 34.2 Å². The molecule has 2 aliphatic heterocycles. The molecule has 3 aromatic rings. The molecular weight excluding hydrogens is 372 g/mol. The second kappa shape index (κ2) is 8.04. The zero-order valence-electron chi connectivity index (χ0n) is 16.9. The third-order valence-electron chi connectivity index (χ3n) is 6.87. The fraction of sp³-hybridized carbons (Fsp3) is 0.308. The number of nitrogens with zero attached hydrogens (tertiary/aromatic N) is 2. The van der Waals surface area contributed by atoms with Crippen LogP contribution in [0.25, 0.3) is 0 Å². The Hall–Kier alpha value is -2.98. The molecule has 0 amide bonds. The fourth-order valence-electron chi connectivity index (χ4n) is 5.64. The maximum absolute atomic E-state index is 12.6. The van der Waals surface area contributed by atoms with Crippen molar-refractivity contribution in [1.29, 1.82) is 0 Å². The van der Waals surface area contributed by atoms with Gasteiger partial charge in [0.05, 0.1) is 5.92 Å². The molecule has 4 nitrogen and oxygen atoms in total. The lowest BCUT2D eigenvalue weighted by Crippen LogP contribution is -2.55. The van der Waals surface area contributed by atoms with E-state index in [1.54, 1.807) is 0 Å². The summed E-state index contributed by atoms with van der Waals surface area (Å²) in [6.07, 6.45) is 1.82. The highest BCUT2D eigenvalue weighted by atomic mass is 16.6. The maximum atomic E-state index is 12.6. The van der Waals surface area contributed by atoms with Crippen LogP contribution in [-0.2, 0) is 12.8 Å². The van der Waals surface area contributed by atoms with Crippen LogP contribution in [0.3, 0.4) is 0 Å². The Morgan fingerprint density at radius 2 is 1.57 bits per heavy atom. The summed E-state index contributed by atoms with van der Waals surface area (Å²) < 4.78 is 0. The lowest BCUT2D eigenvalue weighted by Gasteiger charge is -2.48. The summed E-state index contributed by atoms with van der Waals surface area (Å²) in [6.45, 7) is 1.77. The Morgan fingerprint density at radius 3 is 2.30 bits per heavy atom. The number of rotatable bonds is 4. The zero-order chi connectivity index (χ0) is 20.5. The quantitative estimate of drug-likeness (QED) is 0.464. The molecule has 0 saturated carbocycles. The van der Waals surface area contributed by atoms with Gasteiger partial charge in [-0.05, 0) is 41.0 Å². The van der Waals surface area contributed by atoms with Gasteiger partial charge in [-0.15, -0.1) is 0 Å². The first-order valence-corrected chi connectivity index (χ1v) is 10.8. The molecule has 0 unspecified atom stereocenters. The monoisotopic (exact) mass is 398 g/mol. The van der Waals surface area contributed by atoms with Crippen molar-refractivity contribution in [1.82, 2.24) is 4.90 Å². The molecule has 2 heterocycles. The highest BCUT2D eigenvalue weighted by Gasteiger charge is 2.52. The van der Waals surface area contributed by atoms with E-state index in [-0.39, 0.29) is 22.8 Å². The first-order valence-electron chi connectivity index (χ1n) is 10.8. The Labute approximate surface area is 177 Å². The minimum atomic E-state index is -0.656. The summed E-state index contributed by atoms with van der Waals surface area (Å²) in [5.74, 6) is 0.0838. The minimum Gasteiger partial charge on any atom is -0.290 e. The normalized spacial score (nSPS) is 25.9. The summed E-state index contributed by atoms with van der Waals surface area (Å²) in [5.41, 5.74) is 4.74. The smallest absolute Gasteiger partial charge is 0.239 e. The number of benzene rings is 3. The van der Waals surface area contributed by atoms with Crippen LogP contribution in [0.4, 0.5) is 0 Å². The van der Waals surface area contributed by atoms with Crippen molar-refractivity contribution in [3.63, 3.8) is 0 Å². The van der Waals surface area contributed by atoms with Gasteiger partial charge >= 0.3 is 0 Å². The van der Waals surface area contributed by atoms with Crippen LogP contribution < -0.4 is 0 Å². The second-order valence-electron chi connectivity index (χ2n) is 8.55. The van der Waals surface area contributed by atoms with Gasteiger partial charge < -0.3 is 0 Å². The van der Waals surface area contributed by atoms with E-state index in [0.717, 1.165) is 37.1 Å². The first kappa shape index (κ1) is 19.0. The van der Waals surface area contributed by atoms with E-state index >= 15 is 0 Å². The van der Waals surface area contributed by atoms with Crippen LogP contribution in [0.5, 0.6) is 0 Å². The van der Waals surface area contributed by atoms with Crippen molar-refractivity contribution in [3.8, 4) is 0 Å². The van der Waals surface area contributed by atoms with Gasteiger partial charge in [0.25, 0.3) is 0 Å². The van der Waals surface area contributed by atoms with E-state index in [9.17, 15) is 10.1 Å². The SMILES string of the molecule is O=[N+]([O-])[C@H]1[C@H](c2ccccc2)[C@@H](Cc2ccccc2)CN2CCc3ccccc3[C@H]12. The molecule has 0 N–H and O–H groups in total. The summed E-state index contributed by atoms with van der Waals surface area (Å²) in [4.78, 5) is 15.0. The van der Waals surface area contributed by atoms with Crippen molar-refractivity contribution in [2.45, 2.75) is 30.8 Å². The number of piperidine rings is 1. The van der Waals surface area contributed by atoms with E-state index in [4.69, 9.17) is 0 Å². The summed E-state index contributed by atoms with van der Waals surface area (Å²) >= 11 is 0. The van der Waals surface area contributed by atoms with Crippen molar-refractivity contribution < 1.29 is 4.92 Å². The Morgan fingerprint density at radius 1 is 0.900 bits per heavy atom. The number of hydrogen-bond donors (Lipinski definition) is 0. The Kier molecular flexibility index (Phi) is 5.09. The molecule has 5 rings (SSSR count). The van der Waals surface area contributed by atoms with Crippen LogP contribution >= 0.6 is 0 Å². The van der Waals surface area contributed by atoms with E-state index in [0.29, 0.717) is 0 Å². The van der Waals surface area contributed by atoms with Crippen molar-refractivity contribution in [3.05, 3.63) is 117 Å². The zero-order valence-corrected chi connectivity index (χ0v) is 16.9. The largest absolute Gasteiger partial charge is 0.290 e. The lowest BCUT2D eigenvalue weighted by atomic mass is 9.69. The van der Waals surface area contributed by atoms with Crippen LogP contribution in [0.2, 0.25) is 0 Å². The molecule has 0 radical (unpaired) electrons. The van der Waals surface area contributed by atoms with Gasteiger partial charge in [-0.2, -0.15) is 0 Å². The molecule has 4 heteroatoms. The molecule has 4 atom stereocenters.